The van der Waals surface area contributed by atoms with E-state index in [1.807, 2.05) is 18.7 Å². The van der Waals surface area contributed by atoms with Crippen LogP contribution in [0.2, 0.25) is 0 Å². The molecule has 1 aromatic heterocycles. The van der Waals surface area contributed by atoms with Crippen LogP contribution in [0.5, 0.6) is 0 Å². The van der Waals surface area contributed by atoms with Gasteiger partial charge in [-0.05, 0) is 18.4 Å². The van der Waals surface area contributed by atoms with Gasteiger partial charge >= 0.3 is 0 Å². The van der Waals surface area contributed by atoms with E-state index in [2.05, 4.69) is 10.4 Å². The van der Waals surface area contributed by atoms with Crippen LogP contribution in [-0.4, -0.2) is 82.4 Å². The molecule has 2 atom stereocenters. The number of hydrogen-bond donors (Lipinski definition) is 2. The van der Waals surface area contributed by atoms with E-state index >= 15 is 0 Å². The third-order valence-corrected chi connectivity index (χ3v) is 4.56. The summed E-state index contributed by atoms with van der Waals surface area (Å²) in [7, 11) is 5.17. The Hall–Kier alpha value is -1.93. The lowest BCUT2D eigenvalue weighted by molar-refractivity contribution is -0.130. The highest BCUT2D eigenvalue weighted by molar-refractivity contribution is 5.93. The summed E-state index contributed by atoms with van der Waals surface area (Å²) in [6.45, 7) is 5.36. The summed E-state index contributed by atoms with van der Waals surface area (Å²) in [4.78, 5) is 27.7. The molecule has 2 rings (SSSR count). The third-order valence-electron chi connectivity index (χ3n) is 4.56. The van der Waals surface area contributed by atoms with Crippen LogP contribution in [0.15, 0.2) is 6.07 Å². The standard InChI is InChI=1S/C17H29N5O3/c1-11(2)13-8-14(21(5)19-13)17(25)18-12-6-7-22(9-15(12)23)10-16(24)20(3)4/h8,11-12,15,23H,6-7,9-10H2,1-5H3,(H,18,25)/t12-,15-/m1/s1. The number of piperidine rings is 1. The molecule has 0 unspecified atom stereocenters. The largest absolute Gasteiger partial charge is 0.390 e. The van der Waals surface area contributed by atoms with Crippen molar-refractivity contribution in [2.24, 2.45) is 7.05 Å². The predicted molar refractivity (Wildman–Crippen MR) is 94.3 cm³/mol. The summed E-state index contributed by atoms with van der Waals surface area (Å²) >= 11 is 0. The van der Waals surface area contributed by atoms with E-state index in [0.29, 0.717) is 25.2 Å². The maximum Gasteiger partial charge on any atom is 0.269 e. The van der Waals surface area contributed by atoms with Gasteiger partial charge in [0.05, 0.1) is 24.4 Å². The Morgan fingerprint density at radius 1 is 1.44 bits per heavy atom. The number of aliphatic hydroxyl groups is 1. The molecular formula is C17H29N5O3. The zero-order chi connectivity index (χ0) is 18.7. The first-order chi connectivity index (χ1) is 11.7. The van der Waals surface area contributed by atoms with Gasteiger partial charge in [-0.2, -0.15) is 5.10 Å². The van der Waals surface area contributed by atoms with Gasteiger partial charge in [0.1, 0.15) is 5.69 Å². The Balaban J connectivity index is 1.93. The molecule has 2 amide bonds. The van der Waals surface area contributed by atoms with Gasteiger partial charge in [0.25, 0.3) is 5.91 Å². The van der Waals surface area contributed by atoms with Crippen LogP contribution in [0, 0.1) is 0 Å². The maximum absolute atomic E-state index is 12.5. The molecule has 25 heavy (non-hydrogen) atoms. The fourth-order valence-corrected chi connectivity index (χ4v) is 2.87. The van der Waals surface area contributed by atoms with Crippen LogP contribution in [0.1, 0.15) is 42.4 Å². The number of aliphatic hydroxyl groups excluding tert-OH is 1. The number of nitrogens with one attached hydrogen (secondary N) is 1. The van der Waals surface area contributed by atoms with Gasteiger partial charge in [-0.25, -0.2) is 0 Å². The molecule has 0 bridgehead atoms. The lowest BCUT2D eigenvalue weighted by Crippen LogP contribution is -2.55. The molecule has 2 N–H and O–H groups in total. The van der Waals surface area contributed by atoms with Gasteiger partial charge in [-0.1, -0.05) is 13.8 Å². The van der Waals surface area contributed by atoms with Crippen molar-refractivity contribution in [3.05, 3.63) is 17.5 Å². The van der Waals surface area contributed by atoms with E-state index < -0.39 is 6.10 Å². The van der Waals surface area contributed by atoms with Crippen molar-refractivity contribution >= 4 is 11.8 Å². The number of β-amino-alcohol motifs (C(OH)–C–C–N with tert-alkyl or cyclic N) is 1. The van der Waals surface area contributed by atoms with Crippen molar-refractivity contribution in [3.8, 4) is 0 Å². The molecule has 0 radical (unpaired) electrons. The highest BCUT2D eigenvalue weighted by atomic mass is 16.3. The molecule has 1 fully saturated rings. The van der Waals surface area contributed by atoms with Crippen molar-refractivity contribution in [3.63, 3.8) is 0 Å². The van der Waals surface area contributed by atoms with Gasteiger partial charge in [-0.15, -0.1) is 0 Å². The summed E-state index contributed by atoms with van der Waals surface area (Å²) in [5.41, 5.74) is 1.35. The number of likely N-dealkylation sites (N-methyl/N-ethyl adjacent to an activating group) is 1. The summed E-state index contributed by atoms with van der Waals surface area (Å²) in [5.74, 6) is 0.0189. The number of aromatic nitrogens is 2. The van der Waals surface area contributed by atoms with E-state index in [1.54, 1.807) is 31.9 Å². The summed E-state index contributed by atoms with van der Waals surface area (Å²) in [6, 6.07) is 1.47. The number of carbonyl (C=O) groups is 2. The Labute approximate surface area is 148 Å². The number of aryl methyl sites for hydroxylation is 1. The van der Waals surface area contributed by atoms with Crippen molar-refractivity contribution in [1.82, 2.24) is 24.9 Å². The lowest BCUT2D eigenvalue weighted by Gasteiger charge is -2.36. The lowest BCUT2D eigenvalue weighted by atomic mass is 10.0. The highest BCUT2D eigenvalue weighted by Crippen LogP contribution is 2.15. The quantitative estimate of drug-likeness (QED) is 0.766. The van der Waals surface area contributed by atoms with Crippen molar-refractivity contribution < 1.29 is 14.7 Å². The molecule has 1 aromatic rings. The number of amides is 2. The molecule has 1 aliphatic rings. The van der Waals surface area contributed by atoms with Gasteiger partial charge < -0.3 is 15.3 Å². The van der Waals surface area contributed by atoms with E-state index in [-0.39, 0.29) is 30.3 Å². The minimum absolute atomic E-state index is 0.00536. The van der Waals surface area contributed by atoms with Gasteiger partial charge in [-0.3, -0.25) is 19.2 Å². The summed E-state index contributed by atoms with van der Waals surface area (Å²) in [5, 5.41) is 17.6. The van der Waals surface area contributed by atoms with Gasteiger partial charge in [0.2, 0.25) is 5.91 Å². The second-order valence-corrected chi connectivity index (χ2v) is 7.19. The predicted octanol–water partition coefficient (Wildman–Crippen LogP) is -0.203. The van der Waals surface area contributed by atoms with E-state index in [1.165, 1.54) is 4.90 Å². The first-order valence-corrected chi connectivity index (χ1v) is 8.64. The van der Waals surface area contributed by atoms with Crippen molar-refractivity contribution in [1.29, 1.82) is 0 Å². The first kappa shape index (κ1) is 19.4. The summed E-state index contributed by atoms with van der Waals surface area (Å²) in [6.07, 6.45) is -0.104. The summed E-state index contributed by atoms with van der Waals surface area (Å²) < 4.78 is 1.57. The van der Waals surface area contributed by atoms with E-state index in [4.69, 9.17) is 0 Å². The van der Waals surface area contributed by atoms with Crippen LogP contribution in [0.25, 0.3) is 0 Å². The SMILES string of the molecule is CC(C)c1cc(C(=O)N[C@@H]2CCN(CC(=O)N(C)C)C[C@H]2O)n(C)n1. The number of hydrogen-bond acceptors (Lipinski definition) is 5. The van der Waals surface area contributed by atoms with Gasteiger partial charge in [0, 0.05) is 34.2 Å². The third kappa shape index (κ3) is 4.79. The van der Waals surface area contributed by atoms with Crippen LogP contribution >= 0.6 is 0 Å². The fraction of sp³-hybridized carbons (Fsp3) is 0.706. The molecule has 2 heterocycles. The molecule has 8 heteroatoms. The molecule has 1 saturated heterocycles. The molecule has 0 aliphatic carbocycles. The molecular weight excluding hydrogens is 322 g/mol. The smallest absolute Gasteiger partial charge is 0.269 e. The Kier molecular flexibility index (Phi) is 6.18. The molecule has 0 saturated carbocycles. The maximum atomic E-state index is 12.5. The minimum Gasteiger partial charge on any atom is -0.390 e. The van der Waals surface area contributed by atoms with Crippen LogP contribution in [0.4, 0.5) is 0 Å². The van der Waals surface area contributed by atoms with Gasteiger partial charge in [0.15, 0.2) is 0 Å². The number of carbonyl (C=O) groups excluding carboxylic acids is 2. The molecule has 1 aliphatic heterocycles. The molecule has 0 spiro atoms. The van der Waals surface area contributed by atoms with Crippen LogP contribution < -0.4 is 5.32 Å². The average molecular weight is 351 g/mol. The number of rotatable bonds is 5. The molecule has 0 aromatic carbocycles. The Bertz CT molecular complexity index is 626. The topological polar surface area (TPSA) is 90.7 Å². The Morgan fingerprint density at radius 2 is 2.12 bits per heavy atom. The van der Waals surface area contributed by atoms with Crippen molar-refractivity contribution in [2.45, 2.75) is 38.3 Å². The average Bonchev–Trinajstić information content (AvgIpc) is 2.92. The zero-order valence-corrected chi connectivity index (χ0v) is 15.7. The van der Waals surface area contributed by atoms with Crippen LogP contribution in [0.3, 0.4) is 0 Å². The minimum atomic E-state index is -0.703. The fourth-order valence-electron chi connectivity index (χ4n) is 2.87. The first-order valence-electron chi connectivity index (χ1n) is 8.64. The zero-order valence-electron chi connectivity index (χ0n) is 15.7. The second kappa shape index (κ2) is 7.97. The number of likely N-dealkylation sites (tertiary alicyclic amines) is 1. The highest BCUT2D eigenvalue weighted by Gasteiger charge is 2.30. The monoisotopic (exact) mass is 351 g/mol. The number of nitrogens with zero attached hydrogens (tertiary/aromatic N) is 4. The van der Waals surface area contributed by atoms with Crippen LogP contribution in [-0.2, 0) is 11.8 Å². The van der Waals surface area contributed by atoms with E-state index in [0.717, 1.165) is 5.69 Å². The van der Waals surface area contributed by atoms with E-state index in [9.17, 15) is 14.7 Å². The Morgan fingerprint density at radius 3 is 2.64 bits per heavy atom. The van der Waals surface area contributed by atoms with Crippen molar-refractivity contribution in [2.75, 3.05) is 33.7 Å². The molecule has 8 nitrogen and oxygen atoms in total. The normalized spacial score (nSPS) is 21.4. The molecule has 140 valence electrons. The second-order valence-electron chi connectivity index (χ2n) is 7.19.